The van der Waals surface area contributed by atoms with Gasteiger partial charge in [-0.2, -0.15) is 13.2 Å². The molecule has 0 N–H and O–H groups in total. The van der Waals surface area contributed by atoms with E-state index in [-0.39, 0.29) is 0 Å². The second-order valence-electron chi connectivity index (χ2n) is 5.17. The van der Waals surface area contributed by atoms with Crippen LogP contribution in [0.5, 0.6) is 0 Å². The maximum atomic E-state index is 12.7. The van der Waals surface area contributed by atoms with Crippen LogP contribution in [0.3, 0.4) is 0 Å². The first-order valence-electron chi connectivity index (χ1n) is 6.54. The summed E-state index contributed by atoms with van der Waals surface area (Å²) in [6.07, 6.45) is -4.31. The SMILES string of the molecule is Cc1noc(C)c1CN(C)Cc1cccc(C(F)(F)F)c1. The Morgan fingerprint density at radius 1 is 1.19 bits per heavy atom. The highest BCUT2D eigenvalue weighted by molar-refractivity contribution is 5.26. The molecule has 0 unspecified atom stereocenters. The molecule has 3 nitrogen and oxygen atoms in total. The smallest absolute Gasteiger partial charge is 0.361 e. The van der Waals surface area contributed by atoms with Gasteiger partial charge in [-0.15, -0.1) is 0 Å². The van der Waals surface area contributed by atoms with Gasteiger partial charge in [-0.25, -0.2) is 0 Å². The van der Waals surface area contributed by atoms with E-state index in [9.17, 15) is 13.2 Å². The topological polar surface area (TPSA) is 29.3 Å². The van der Waals surface area contributed by atoms with E-state index in [1.807, 2.05) is 25.8 Å². The van der Waals surface area contributed by atoms with Crippen LogP contribution in [0.2, 0.25) is 0 Å². The fourth-order valence-corrected chi connectivity index (χ4v) is 2.21. The third-order valence-electron chi connectivity index (χ3n) is 3.32. The predicted molar refractivity (Wildman–Crippen MR) is 72.6 cm³/mol. The molecule has 2 rings (SSSR count). The molecule has 0 radical (unpaired) electrons. The van der Waals surface area contributed by atoms with Crippen molar-refractivity contribution in [3.8, 4) is 0 Å². The van der Waals surface area contributed by atoms with E-state index in [4.69, 9.17) is 4.52 Å². The van der Waals surface area contributed by atoms with Gasteiger partial charge in [0, 0.05) is 18.7 Å². The Kier molecular flexibility index (Phi) is 4.37. The van der Waals surface area contributed by atoms with Crippen LogP contribution in [0.25, 0.3) is 0 Å². The zero-order valence-electron chi connectivity index (χ0n) is 12.2. The molecule has 0 saturated carbocycles. The average molecular weight is 298 g/mol. The van der Waals surface area contributed by atoms with Crippen LogP contribution >= 0.6 is 0 Å². The Morgan fingerprint density at radius 2 is 1.90 bits per heavy atom. The lowest BCUT2D eigenvalue weighted by Crippen LogP contribution is -2.18. The van der Waals surface area contributed by atoms with Gasteiger partial charge in [0.25, 0.3) is 0 Å². The van der Waals surface area contributed by atoms with Gasteiger partial charge in [-0.1, -0.05) is 23.4 Å². The van der Waals surface area contributed by atoms with E-state index in [0.717, 1.165) is 23.1 Å². The second-order valence-corrected chi connectivity index (χ2v) is 5.17. The molecule has 0 amide bonds. The number of aromatic nitrogens is 1. The van der Waals surface area contributed by atoms with Crippen molar-refractivity contribution in [1.82, 2.24) is 10.1 Å². The summed E-state index contributed by atoms with van der Waals surface area (Å²) in [4.78, 5) is 1.93. The Labute approximate surface area is 121 Å². The maximum Gasteiger partial charge on any atom is 0.416 e. The highest BCUT2D eigenvalue weighted by Crippen LogP contribution is 2.29. The van der Waals surface area contributed by atoms with Crippen molar-refractivity contribution in [1.29, 1.82) is 0 Å². The number of aryl methyl sites for hydroxylation is 2. The zero-order chi connectivity index (χ0) is 15.6. The summed E-state index contributed by atoms with van der Waals surface area (Å²) in [5.41, 5.74) is 1.79. The van der Waals surface area contributed by atoms with Crippen LogP contribution in [0.1, 0.15) is 28.1 Å². The molecule has 0 spiro atoms. The summed E-state index contributed by atoms with van der Waals surface area (Å²) in [6.45, 7) is 4.68. The first-order chi connectivity index (χ1) is 9.77. The molecule has 1 aromatic carbocycles. The largest absolute Gasteiger partial charge is 0.416 e. The molecule has 2 aromatic rings. The standard InChI is InChI=1S/C15H17F3N2O/c1-10-14(11(2)21-19-10)9-20(3)8-12-5-4-6-13(7-12)15(16,17)18/h4-7H,8-9H2,1-3H3. The van der Waals surface area contributed by atoms with Crippen molar-refractivity contribution in [2.75, 3.05) is 7.05 Å². The van der Waals surface area contributed by atoms with Crippen molar-refractivity contribution in [2.24, 2.45) is 0 Å². The van der Waals surface area contributed by atoms with E-state index in [1.165, 1.54) is 12.1 Å². The van der Waals surface area contributed by atoms with E-state index in [1.54, 1.807) is 6.07 Å². The van der Waals surface area contributed by atoms with Crippen LogP contribution in [0, 0.1) is 13.8 Å². The fraction of sp³-hybridized carbons (Fsp3) is 0.400. The van der Waals surface area contributed by atoms with Crippen LogP contribution in [-0.4, -0.2) is 17.1 Å². The van der Waals surface area contributed by atoms with Crippen molar-refractivity contribution < 1.29 is 17.7 Å². The number of alkyl halides is 3. The number of rotatable bonds is 4. The lowest BCUT2D eigenvalue weighted by Gasteiger charge is -2.17. The summed E-state index contributed by atoms with van der Waals surface area (Å²) in [5, 5.41) is 3.87. The molecular formula is C15H17F3N2O. The molecule has 21 heavy (non-hydrogen) atoms. The molecule has 0 saturated heterocycles. The van der Waals surface area contributed by atoms with E-state index in [0.29, 0.717) is 18.7 Å². The number of nitrogens with zero attached hydrogens (tertiary/aromatic N) is 2. The first-order valence-corrected chi connectivity index (χ1v) is 6.54. The summed E-state index contributed by atoms with van der Waals surface area (Å²) in [7, 11) is 1.85. The minimum atomic E-state index is -4.31. The van der Waals surface area contributed by atoms with Gasteiger partial charge in [0.05, 0.1) is 11.3 Å². The van der Waals surface area contributed by atoms with Gasteiger partial charge in [0.1, 0.15) is 5.76 Å². The quantitative estimate of drug-likeness (QED) is 0.856. The molecule has 114 valence electrons. The van der Waals surface area contributed by atoms with Crippen molar-refractivity contribution >= 4 is 0 Å². The summed E-state index contributed by atoms with van der Waals surface area (Å²) < 4.78 is 43.1. The number of benzene rings is 1. The third-order valence-corrected chi connectivity index (χ3v) is 3.32. The second kappa shape index (κ2) is 5.89. The van der Waals surface area contributed by atoms with Gasteiger partial charge in [-0.05, 0) is 32.5 Å². The maximum absolute atomic E-state index is 12.7. The van der Waals surface area contributed by atoms with Crippen molar-refractivity contribution in [2.45, 2.75) is 33.1 Å². The molecule has 1 heterocycles. The van der Waals surface area contributed by atoms with E-state index in [2.05, 4.69) is 5.16 Å². The molecule has 1 aromatic heterocycles. The van der Waals surface area contributed by atoms with Crippen molar-refractivity contribution in [3.05, 3.63) is 52.4 Å². The molecule has 0 atom stereocenters. The van der Waals surface area contributed by atoms with Gasteiger partial charge in [0.2, 0.25) is 0 Å². The number of hydrogen-bond acceptors (Lipinski definition) is 3. The highest BCUT2D eigenvalue weighted by Gasteiger charge is 2.30. The zero-order valence-corrected chi connectivity index (χ0v) is 12.2. The molecule has 0 aliphatic rings. The molecule has 0 aliphatic carbocycles. The summed E-state index contributed by atoms with van der Waals surface area (Å²) >= 11 is 0. The molecule has 6 heteroatoms. The lowest BCUT2D eigenvalue weighted by molar-refractivity contribution is -0.137. The molecular weight excluding hydrogens is 281 g/mol. The van der Waals surface area contributed by atoms with Crippen molar-refractivity contribution in [3.63, 3.8) is 0 Å². The molecule has 0 bridgehead atoms. The van der Waals surface area contributed by atoms with Crippen LogP contribution < -0.4 is 0 Å². The van der Waals surface area contributed by atoms with E-state index >= 15 is 0 Å². The minimum Gasteiger partial charge on any atom is -0.361 e. The van der Waals surface area contributed by atoms with Gasteiger partial charge in [-0.3, -0.25) is 4.90 Å². The summed E-state index contributed by atoms with van der Waals surface area (Å²) in [5.74, 6) is 0.739. The minimum absolute atomic E-state index is 0.425. The Hall–Kier alpha value is -1.82. The Morgan fingerprint density at radius 3 is 2.48 bits per heavy atom. The Bertz CT molecular complexity index is 600. The highest BCUT2D eigenvalue weighted by atomic mass is 19.4. The van der Waals surface area contributed by atoms with Crippen LogP contribution in [0.4, 0.5) is 13.2 Å². The average Bonchev–Trinajstić information content (AvgIpc) is 2.70. The Balaban J connectivity index is 2.08. The molecule has 0 fully saturated rings. The van der Waals surface area contributed by atoms with Gasteiger partial charge in [0.15, 0.2) is 0 Å². The lowest BCUT2D eigenvalue weighted by atomic mass is 10.1. The fourth-order valence-electron chi connectivity index (χ4n) is 2.21. The first kappa shape index (κ1) is 15.6. The predicted octanol–water partition coefficient (Wildman–Crippen LogP) is 3.94. The number of hydrogen-bond donors (Lipinski definition) is 0. The third kappa shape index (κ3) is 3.85. The monoisotopic (exact) mass is 298 g/mol. The van der Waals surface area contributed by atoms with Gasteiger partial charge >= 0.3 is 6.18 Å². The van der Waals surface area contributed by atoms with Gasteiger partial charge < -0.3 is 4.52 Å². The summed E-state index contributed by atoms with van der Waals surface area (Å²) in [6, 6.07) is 5.39. The normalized spacial score (nSPS) is 12.1. The van der Waals surface area contributed by atoms with Crippen LogP contribution in [-0.2, 0) is 19.3 Å². The number of halogens is 3. The van der Waals surface area contributed by atoms with Crippen LogP contribution in [0.15, 0.2) is 28.8 Å². The molecule has 0 aliphatic heterocycles. The van der Waals surface area contributed by atoms with E-state index < -0.39 is 11.7 Å².